The third-order valence-corrected chi connectivity index (χ3v) is 3.33. The Labute approximate surface area is 78.8 Å². The zero-order valence-corrected chi connectivity index (χ0v) is 7.91. The van der Waals surface area contributed by atoms with Crippen LogP contribution in [0.15, 0.2) is 4.99 Å². The molecule has 2 rings (SSSR count). The second kappa shape index (κ2) is 4.03. The van der Waals surface area contributed by atoms with E-state index in [1.807, 2.05) is 0 Å². The van der Waals surface area contributed by atoms with Crippen molar-refractivity contribution in [3.05, 3.63) is 0 Å². The minimum atomic E-state index is 0.534. The lowest BCUT2D eigenvalue weighted by atomic mass is 9.91. The van der Waals surface area contributed by atoms with E-state index >= 15 is 0 Å². The van der Waals surface area contributed by atoms with Gasteiger partial charge >= 0.3 is 0 Å². The smallest absolute Gasteiger partial charge is 0.234 e. The van der Waals surface area contributed by atoms with Crippen molar-refractivity contribution < 1.29 is 4.79 Å². The van der Waals surface area contributed by atoms with E-state index in [1.54, 1.807) is 6.08 Å². The van der Waals surface area contributed by atoms with Crippen molar-refractivity contribution in [2.45, 2.75) is 44.2 Å². The second-order valence-electron chi connectivity index (χ2n) is 4.05. The van der Waals surface area contributed by atoms with Crippen LogP contribution in [0.4, 0.5) is 0 Å². The molecule has 1 unspecified atom stereocenters. The molecular weight excluding hydrogens is 164 g/mol. The average molecular weight is 180 g/mol. The van der Waals surface area contributed by atoms with E-state index in [1.165, 1.54) is 38.6 Å². The molecule has 1 aliphatic carbocycles. The first-order chi connectivity index (χ1) is 6.42. The van der Waals surface area contributed by atoms with Crippen molar-refractivity contribution in [1.82, 2.24) is 4.90 Å². The molecule has 3 nitrogen and oxygen atoms in total. The van der Waals surface area contributed by atoms with Gasteiger partial charge in [0, 0.05) is 12.1 Å². The van der Waals surface area contributed by atoms with Gasteiger partial charge in [0.25, 0.3) is 0 Å². The van der Waals surface area contributed by atoms with Crippen LogP contribution in [0.2, 0.25) is 0 Å². The number of aliphatic imine (C=N–C) groups is 1. The second-order valence-corrected chi connectivity index (χ2v) is 4.05. The van der Waals surface area contributed by atoms with Crippen LogP contribution < -0.4 is 0 Å². The largest absolute Gasteiger partial charge is 0.296 e. The van der Waals surface area contributed by atoms with Crippen molar-refractivity contribution in [3.63, 3.8) is 0 Å². The molecule has 0 amide bonds. The normalized spacial score (nSPS) is 29.7. The van der Waals surface area contributed by atoms with E-state index < -0.39 is 0 Å². The molecule has 13 heavy (non-hydrogen) atoms. The Balaban J connectivity index is 1.88. The minimum absolute atomic E-state index is 0.534. The summed E-state index contributed by atoms with van der Waals surface area (Å²) >= 11 is 0. The van der Waals surface area contributed by atoms with Crippen LogP contribution in [0.25, 0.3) is 0 Å². The van der Waals surface area contributed by atoms with E-state index in [-0.39, 0.29) is 0 Å². The minimum Gasteiger partial charge on any atom is -0.296 e. The number of rotatable bonds is 3. The maximum Gasteiger partial charge on any atom is 0.234 e. The lowest BCUT2D eigenvalue weighted by Gasteiger charge is -2.38. The first-order valence-electron chi connectivity index (χ1n) is 5.21. The first kappa shape index (κ1) is 8.92. The highest BCUT2D eigenvalue weighted by molar-refractivity contribution is 5.33. The summed E-state index contributed by atoms with van der Waals surface area (Å²) in [5, 5.41) is 0. The van der Waals surface area contributed by atoms with Crippen LogP contribution in [0, 0.1) is 0 Å². The molecule has 2 fully saturated rings. The number of hydrogen-bond acceptors (Lipinski definition) is 3. The number of nitrogens with zero attached hydrogens (tertiary/aromatic N) is 2. The molecule has 1 atom stereocenters. The molecule has 0 radical (unpaired) electrons. The van der Waals surface area contributed by atoms with Crippen molar-refractivity contribution in [3.8, 4) is 0 Å². The summed E-state index contributed by atoms with van der Waals surface area (Å²) in [4.78, 5) is 16.3. The van der Waals surface area contributed by atoms with Gasteiger partial charge in [-0.15, -0.1) is 0 Å². The highest BCUT2D eigenvalue weighted by atomic mass is 16.1. The van der Waals surface area contributed by atoms with Gasteiger partial charge in [0.1, 0.15) is 0 Å². The van der Waals surface area contributed by atoms with E-state index in [9.17, 15) is 4.79 Å². The van der Waals surface area contributed by atoms with Gasteiger partial charge in [-0.2, -0.15) is 0 Å². The third kappa shape index (κ3) is 1.82. The molecule has 72 valence electrons. The molecule has 0 aromatic heterocycles. The van der Waals surface area contributed by atoms with Crippen LogP contribution in [0.1, 0.15) is 32.1 Å². The van der Waals surface area contributed by atoms with Gasteiger partial charge in [0.2, 0.25) is 6.08 Å². The average Bonchev–Trinajstić information content (AvgIpc) is 2.46. The van der Waals surface area contributed by atoms with E-state index in [0.29, 0.717) is 12.6 Å². The Hall–Kier alpha value is -0.660. The molecule has 3 heteroatoms. The van der Waals surface area contributed by atoms with Crippen molar-refractivity contribution in [1.29, 1.82) is 0 Å². The number of isocyanates is 1. The van der Waals surface area contributed by atoms with Crippen LogP contribution >= 0.6 is 0 Å². The van der Waals surface area contributed by atoms with Gasteiger partial charge in [-0.3, -0.25) is 4.90 Å². The summed E-state index contributed by atoms with van der Waals surface area (Å²) in [6, 6.07) is 1.33. The molecule has 1 heterocycles. The van der Waals surface area contributed by atoms with Gasteiger partial charge in [0.05, 0.1) is 6.54 Å². The Morgan fingerprint density at radius 2 is 2.15 bits per heavy atom. The van der Waals surface area contributed by atoms with Crippen LogP contribution in [0.5, 0.6) is 0 Å². The summed E-state index contributed by atoms with van der Waals surface area (Å²) < 4.78 is 0. The molecule has 1 saturated heterocycles. The zero-order chi connectivity index (χ0) is 9.10. The Kier molecular flexibility index (Phi) is 2.77. The molecule has 1 saturated carbocycles. The summed E-state index contributed by atoms with van der Waals surface area (Å²) in [7, 11) is 0. The quantitative estimate of drug-likeness (QED) is 0.485. The van der Waals surface area contributed by atoms with Crippen molar-refractivity contribution >= 4 is 6.08 Å². The van der Waals surface area contributed by atoms with Crippen molar-refractivity contribution in [2.24, 2.45) is 4.99 Å². The van der Waals surface area contributed by atoms with Crippen LogP contribution in [-0.2, 0) is 4.79 Å². The lowest BCUT2D eigenvalue weighted by Crippen LogP contribution is -2.44. The topological polar surface area (TPSA) is 32.7 Å². The fraction of sp³-hybridized carbons (Fsp3) is 0.900. The highest BCUT2D eigenvalue weighted by Gasteiger charge is 2.33. The molecule has 0 aromatic rings. The Morgan fingerprint density at radius 1 is 1.31 bits per heavy atom. The van der Waals surface area contributed by atoms with E-state index in [0.717, 1.165) is 6.04 Å². The SMILES string of the molecule is O=C=NCC1CCCN1C1CCC1. The zero-order valence-electron chi connectivity index (χ0n) is 7.91. The molecule has 1 aliphatic heterocycles. The van der Waals surface area contributed by atoms with Crippen molar-refractivity contribution in [2.75, 3.05) is 13.1 Å². The molecule has 0 spiro atoms. The molecule has 0 bridgehead atoms. The predicted octanol–water partition coefficient (Wildman–Crippen LogP) is 1.34. The summed E-state index contributed by atoms with van der Waals surface area (Å²) in [6.07, 6.45) is 8.20. The van der Waals surface area contributed by atoms with Gasteiger partial charge in [-0.1, -0.05) is 6.42 Å². The Bertz CT molecular complexity index is 219. The first-order valence-corrected chi connectivity index (χ1v) is 5.21. The molecule has 0 N–H and O–H groups in total. The van der Waals surface area contributed by atoms with E-state index in [2.05, 4.69) is 9.89 Å². The third-order valence-electron chi connectivity index (χ3n) is 3.33. The molecular formula is C10H16N2O. The van der Waals surface area contributed by atoms with Crippen LogP contribution in [-0.4, -0.2) is 36.2 Å². The summed E-state index contributed by atoms with van der Waals surface area (Å²) in [5.41, 5.74) is 0. The number of carbonyl (C=O) groups excluding carboxylic acids is 1. The van der Waals surface area contributed by atoms with E-state index in [4.69, 9.17) is 0 Å². The molecule has 2 aliphatic rings. The lowest BCUT2D eigenvalue weighted by molar-refractivity contribution is 0.117. The fourth-order valence-corrected chi connectivity index (χ4v) is 2.40. The van der Waals surface area contributed by atoms with Gasteiger partial charge in [0.15, 0.2) is 0 Å². The predicted molar refractivity (Wildman–Crippen MR) is 50.4 cm³/mol. The van der Waals surface area contributed by atoms with Crippen LogP contribution in [0.3, 0.4) is 0 Å². The maximum atomic E-state index is 10.0. The fourth-order valence-electron chi connectivity index (χ4n) is 2.40. The standard InChI is InChI=1S/C10H16N2O/c13-8-11-7-10-5-2-6-12(10)9-3-1-4-9/h9-10H,1-7H2. The summed E-state index contributed by atoms with van der Waals surface area (Å²) in [5.74, 6) is 0. The van der Waals surface area contributed by atoms with Gasteiger partial charge in [-0.05, 0) is 32.2 Å². The maximum absolute atomic E-state index is 10.0. The van der Waals surface area contributed by atoms with Gasteiger partial charge < -0.3 is 0 Å². The molecule has 0 aromatic carbocycles. The monoisotopic (exact) mass is 180 g/mol. The highest BCUT2D eigenvalue weighted by Crippen LogP contribution is 2.31. The number of likely N-dealkylation sites (tertiary alicyclic amines) is 1. The summed E-state index contributed by atoms with van der Waals surface area (Å²) in [6.45, 7) is 1.88. The number of hydrogen-bond donors (Lipinski definition) is 0. The van der Waals surface area contributed by atoms with Gasteiger partial charge in [-0.25, -0.2) is 9.79 Å². The Morgan fingerprint density at radius 3 is 2.77 bits per heavy atom.